The first-order valence-electron chi connectivity index (χ1n) is 6.30. The van der Waals surface area contributed by atoms with Gasteiger partial charge >= 0.3 is 0 Å². The molecule has 1 aliphatic carbocycles. The fourth-order valence-electron chi connectivity index (χ4n) is 1.95. The maximum atomic E-state index is 5.54. The SMILES string of the molecule is c1ccc2oc(NCc3nc(C4CC4)no3)nc2c1. The van der Waals surface area contributed by atoms with Crippen LogP contribution in [0.5, 0.6) is 0 Å². The van der Waals surface area contributed by atoms with Crippen LogP contribution in [-0.2, 0) is 6.54 Å². The minimum Gasteiger partial charge on any atom is -0.424 e. The third kappa shape index (κ3) is 2.05. The lowest BCUT2D eigenvalue weighted by atomic mass is 10.3. The molecule has 0 saturated heterocycles. The predicted molar refractivity (Wildman–Crippen MR) is 67.6 cm³/mol. The first-order valence-corrected chi connectivity index (χ1v) is 6.30. The van der Waals surface area contributed by atoms with E-state index in [1.807, 2.05) is 24.3 Å². The molecule has 0 unspecified atom stereocenters. The molecule has 0 bridgehead atoms. The van der Waals surface area contributed by atoms with Crippen LogP contribution in [0, 0.1) is 0 Å². The maximum Gasteiger partial charge on any atom is 0.296 e. The van der Waals surface area contributed by atoms with Gasteiger partial charge in [0, 0.05) is 5.92 Å². The van der Waals surface area contributed by atoms with Gasteiger partial charge in [0.25, 0.3) is 6.01 Å². The Morgan fingerprint density at radius 1 is 1.21 bits per heavy atom. The molecule has 1 saturated carbocycles. The van der Waals surface area contributed by atoms with Crippen molar-refractivity contribution in [3.05, 3.63) is 36.0 Å². The van der Waals surface area contributed by atoms with Gasteiger partial charge in [-0.2, -0.15) is 9.97 Å². The van der Waals surface area contributed by atoms with Crippen molar-refractivity contribution < 1.29 is 8.94 Å². The summed E-state index contributed by atoms with van der Waals surface area (Å²) in [4.78, 5) is 8.65. The fourth-order valence-corrected chi connectivity index (χ4v) is 1.95. The molecule has 0 aliphatic heterocycles. The van der Waals surface area contributed by atoms with Crippen molar-refractivity contribution in [3.63, 3.8) is 0 Å². The monoisotopic (exact) mass is 256 g/mol. The highest BCUT2D eigenvalue weighted by atomic mass is 16.5. The topological polar surface area (TPSA) is 77.0 Å². The number of para-hydroxylation sites is 2. The number of nitrogens with one attached hydrogen (secondary N) is 1. The number of aromatic nitrogens is 3. The normalized spacial score (nSPS) is 14.9. The Morgan fingerprint density at radius 3 is 2.95 bits per heavy atom. The van der Waals surface area contributed by atoms with Gasteiger partial charge in [0.15, 0.2) is 11.4 Å². The van der Waals surface area contributed by atoms with E-state index >= 15 is 0 Å². The van der Waals surface area contributed by atoms with Crippen molar-refractivity contribution in [3.8, 4) is 0 Å². The van der Waals surface area contributed by atoms with Gasteiger partial charge < -0.3 is 14.3 Å². The van der Waals surface area contributed by atoms with Crippen molar-refractivity contribution in [2.75, 3.05) is 5.32 Å². The van der Waals surface area contributed by atoms with Crippen LogP contribution >= 0.6 is 0 Å². The average Bonchev–Trinajstić information content (AvgIpc) is 3.03. The van der Waals surface area contributed by atoms with Gasteiger partial charge in [0.1, 0.15) is 5.52 Å². The molecule has 2 heterocycles. The van der Waals surface area contributed by atoms with Crippen LogP contribution in [-0.4, -0.2) is 15.1 Å². The standard InChI is InChI=1S/C13H12N4O2/c1-2-4-10-9(3-1)15-13(18-10)14-7-11-16-12(17-19-11)8-5-6-8/h1-4,8H,5-7H2,(H,14,15). The minimum atomic E-state index is 0.423. The first-order chi connectivity index (χ1) is 9.38. The number of hydrogen-bond acceptors (Lipinski definition) is 6. The number of benzene rings is 1. The smallest absolute Gasteiger partial charge is 0.296 e. The van der Waals surface area contributed by atoms with E-state index in [0.717, 1.165) is 29.8 Å². The van der Waals surface area contributed by atoms with Crippen LogP contribution < -0.4 is 5.32 Å². The van der Waals surface area contributed by atoms with Crippen molar-refractivity contribution in [1.29, 1.82) is 0 Å². The molecule has 0 spiro atoms. The average molecular weight is 256 g/mol. The summed E-state index contributed by atoms with van der Waals surface area (Å²) in [5, 5.41) is 7.01. The quantitative estimate of drug-likeness (QED) is 0.773. The van der Waals surface area contributed by atoms with Gasteiger partial charge in [0.2, 0.25) is 5.89 Å². The molecular weight excluding hydrogens is 244 g/mol. The number of hydrogen-bond donors (Lipinski definition) is 1. The highest BCUT2D eigenvalue weighted by Gasteiger charge is 2.28. The van der Waals surface area contributed by atoms with E-state index < -0.39 is 0 Å². The molecular formula is C13H12N4O2. The van der Waals surface area contributed by atoms with E-state index in [2.05, 4.69) is 20.4 Å². The molecule has 6 nitrogen and oxygen atoms in total. The van der Waals surface area contributed by atoms with E-state index in [-0.39, 0.29) is 0 Å². The highest BCUT2D eigenvalue weighted by Crippen LogP contribution is 2.38. The van der Waals surface area contributed by atoms with Gasteiger partial charge in [-0.15, -0.1) is 0 Å². The Labute approximate surface area is 108 Å². The lowest BCUT2D eigenvalue weighted by Gasteiger charge is -1.94. The van der Waals surface area contributed by atoms with Gasteiger partial charge in [-0.25, -0.2) is 0 Å². The third-order valence-electron chi connectivity index (χ3n) is 3.11. The zero-order valence-electron chi connectivity index (χ0n) is 10.2. The van der Waals surface area contributed by atoms with E-state index in [4.69, 9.17) is 8.94 Å². The lowest BCUT2D eigenvalue weighted by molar-refractivity contribution is 0.377. The van der Waals surface area contributed by atoms with Crippen LogP contribution in [0.1, 0.15) is 30.5 Å². The van der Waals surface area contributed by atoms with Gasteiger partial charge in [-0.3, -0.25) is 0 Å². The summed E-state index contributed by atoms with van der Waals surface area (Å²) < 4.78 is 10.7. The molecule has 1 N–H and O–H groups in total. The van der Waals surface area contributed by atoms with Gasteiger partial charge in [0.05, 0.1) is 6.54 Å². The molecule has 0 radical (unpaired) electrons. The molecule has 2 aromatic heterocycles. The number of rotatable bonds is 4. The Morgan fingerprint density at radius 2 is 2.11 bits per heavy atom. The Balaban J connectivity index is 1.48. The van der Waals surface area contributed by atoms with Gasteiger partial charge in [-0.05, 0) is 25.0 Å². The molecule has 19 heavy (non-hydrogen) atoms. The fraction of sp³-hybridized carbons (Fsp3) is 0.308. The number of oxazole rings is 1. The predicted octanol–water partition coefficient (Wildman–Crippen LogP) is 2.70. The highest BCUT2D eigenvalue weighted by molar-refractivity contribution is 5.74. The van der Waals surface area contributed by atoms with Crippen LogP contribution in [0.4, 0.5) is 6.01 Å². The van der Waals surface area contributed by atoms with Gasteiger partial charge in [-0.1, -0.05) is 17.3 Å². The summed E-state index contributed by atoms with van der Waals surface area (Å²) in [6.07, 6.45) is 2.33. The van der Waals surface area contributed by atoms with Crippen molar-refractivity contribution in [2.45, 2.75) is 25.3 Å². The molecule has 1 aromatic carbocycles. The maximum absolute atomic E-state index is 5.54. The van der Waals surface area contributed by atoms with Crippen LogP contribution in [0.15, 0.2) is 33.2 Å². The van der Waals surface area contributed by atoms with E-state index in [0.29, 0.717) is 24.4 Å². The van der Waals surface area contributed by atoms with E-state index in [9.17, 15) is 0 Å². The summed E-state index contributed by atoms with van der Waals surface area (Å²) in [6.45, 7) is 0.423. The van der Waals surface area contributed by atoms with Crippen LogP contribution in [0.3, 0.4) is 0 Å². The second-order valence-electron chi connectivity index (χ2n) is 4.66. The Kier molecular flexibility index (Phi) is 2.26. The minimum absolute atomic E-state index is 0.423. The first kappa shape index (κ1) is 10.5. The molecule has 1 aliphatic rings. The molecule has 0 amide bonds. The van der Waals surface area contributed by atoms with Crippen molar-refractivity contribution in [1.82, 2.24) is 15.1 Å². The summed E-state index contributed by atoms with van der Waals surface area (Å²) >= 11 is 0. The number of nitrogens with zero attached hydrogens (tertiary/aromatic N) is 3. The molecule has 6 heteroatoms. The second-order valence-corrected chi connectivity index (χ2v) is 4.66. The van der Waals surface area contributed by atoms with Crippen LogP contribution in [0.2, 0.25) is 0 Å². The van der Waals surface area contributed by atoms with Crippen molar-refractivity contribution >= 4 is 17.1 Å². The molecule has 3 aromatic rings. The Hall–Kier alpha value is -2.37. The summed E-state index contributed by atoms with van der Waals surface area (Å²) in [5.74, 6) is 1.88. The zero-order valence-corrected chi connectivity index (χ0v) is 10.2. The van der Waals surface area contributed by atoms with E-state index in [1.54, 1.807) is 0 Å². The van der Waals surface area contributed by atoms with Crippen molar-refractivity contribution in [2.24, 2.45) is 0 Å². The molecule has 1 fully saturated rings. The van der Waals surface area contributed by atoms with E-state index in [1.165, 1.54) is 0 Å². The molecule has 0 atom stereocenters. The second kappa shape index (κ2) is 4.08. The summed E-state index contributed by atoms with van der Waals surface area (Å²) in [7, 11) is 0. The molecule has 96 valence electrons. The third-order valence-corrected chi connectivity index (χ3v) is 3.11. The zero-order chi connectivity index (χ0) is 12.7. The number of anilines is 1. The largest absolute Gasteiger partial charge is 0.424 e. The van der Waals surface area contributed by atoms with Crippen LogP contribution in [0.25, 0.3) is 11.1 Å². The lowest BCUT2D eigenvalue weighted by Crippen LogP contribution is -1.99. The summed E-state index contributed by atoms with van der Waals surface area (Å²) in [6, 6.07) is 8.09. The molecule has 4 rings (SSSR count). The Bertz CT molecular complexity index is 681. The number of fused-ring (bicyclic) bond motifs is 1. The summed E-state index contributed by atoms with van der Waals surface area (Å²) in [5.41, 5.74) is 1.59.